The van der Waals surface area contributed by atoms with Crippen molar-refractivity contribution >= 4 is 5.91 Å². The summed E-state index contributed by atoms with van der Waals surface area (Å²) < 4.78 is 5.66. The second-order valence-corrected chi connectivity index (χ2v) is 3.97. The van der Waals surface area contributed by atoms with Crippen LogP contribution in [-0.2, 0) is 4.79 Å². The molecular formula is C13H20N2O2. The lowest BCUT2D eigenvalue weighted by Crippen LogP contribution is -2.33. The molecule has 0 aliphatic rings. The molecule has 0 radical (unpaired) electrons. The monoisotopic (exact) mass is 236 g/mol. The second kappa shape index (κ2) is 6.25. The Kier molecular flexibility index (Phi) is 4.97. The van der Waals surface area contributed by atoms with E-state index in [4.69, 9.17) is 10.5 Å². The Morgan fingerprint density at radius 2 is 2.12 bits per heavy atom. The molecule has 0 fully saturated rings. The van der Waals surface area contributed by atoms with Crippen LogP contribution in [0.4, 0.5) is 0 Å². The van der Waals surface area contributed by atoms with Crippen molar-refractivity contribution in [2.24, 2.45) is 5.73 Å². The first-order valence-electron chi connectivity index (χ1n) is 5.82. The van der Waals surface area contributed by atoms with Crippen LogP contribution in [0.3, 0.4) is 0 Å². The number of rotatable bonds is 6. The van der Waals surface area contributed by atoms with Gasteiger partial charge in [0.25, 0.3) is 5.91 Å². The zero-order chi connectivity index (χ0) is 12.8. The van der Waals surface area contributed by atoms with Gasteiger partial charge in [0.05, 0.1) is 0 Å². The summed E-state index contributed by atoms with van der Waals surface area (Å²) in [6.07, 6.45) is -0.00219. The quantitative estimate of drug-likeness (QED) is 0.788. The summed E-state index contributed by atoms with van der Waals surface area (Å²) in [5.41, 5.74) is 6.30. The van der Waals surface area contributed by atoms with Gasteiger partial charge < -0.3 is 15.8 Å². The van der Waals surface area contributed by atoms with Crippen molar-refractivity contribution in [3.8, 4) is 5.75 Å². The van der Waals surface area contributed by atoms with E-state index in [-0.39, 0.29) is 6.04 Å². The van der Waals surface area contributed by atoms with Crippen molar-refractivity contribution in [2.45, 2.75) is 32.4 Å². The van der Waals surface area contributed by atoms with Gasteiger partial charge in [-0.3, -0.25) is 4.79 Å². The number of ether oxygens (including phenoxy) is 1. The molecule has 4 heteroatoms. The van der Waals surface area contributed by atoms with Gasteiger partial charge in [0.15, 0.2) is 6.10 Å². The Bertz CT molecular complexity index is 379. The highest BCUT2D eigenvalue weighted by atomic mass is 16.5. The maximum absolute atomic E-state index is 11.2. The summed E-state index contributed by atoms with van der Waals surface area (Å²) >= 11 is 0. The molecule has 0 aliphatic carbocycles. The molecular weight excluding hydrogens is 216 g/mol. The van der Waals surface area contributed by atoms with Crippen LogP contribution in [0.2, 0.25) is 0 Å². The van der Waals surface area contributed by atoms with E-state index in [0.29, 0.717) is 12.2 Å². The topological polar surface area (TPSA) is 64.3 Å². The van der Waals surface area contributed by atoms with Gasteiger partial charge in [-0.05, 0) is 26.5 Å². The maximum Gasteiger partial charge on any atom is 0.258 e. The lowest BCUT2D eigenvalue weighted by molar-refractivity contribution is -0.124. The Morgan fingerprint density at radius 1 is 1.47 bits per heavy atom. The van der Waals surface area contributed by atoms with Crippen molar-refractivity contribution in [2.75, 3.05) is 7.05 Å². The first-order chi connectivity index (χ1) is 8.10. The molecule has 1 amide bonds. The van der Waals surface area contributed by atoms with E-state index in [2.05, 4.69) is 5.32 Å². The van der Waals surface area contributed by atoms with Crippen LogP contribution in [0, 0.1) is 0 Å². The number of nitrogens with one attached hydrogen (secondary N) is 1. The van der Waals surface area contributed by atoms with Crippen LogP contribution in [0.15, 0.2) is 24.3 Å². The molecule has 4 nitrogen and oxygen atoms in total. The number of nitrogens with two attached hydrogens (primary N) is 1. The number of para-hydroxylation sites is 1. The lowest BCUT2D eigenvalue weighted by Gasteiger charge is -2.20. The van der Waals surface area contributed by atoms with E-state index in [9.17, 15) is 4.79 Å². The van der Waals surface area contributed by atoms with Gasteiger partial charge in [-0.15, -0.1) is 0 Å². The number of amides is 1. The molecule has 0 saturated carbocycles. The Morgan fingerprint density at radius 3 is 2.65 bits per heavy atom. The van der Waals surface area contributed by atoms with Gasteiger partial charge in [-0.25, -0.2) is 0 Å². The second-order valence-electron chi connectivity index (χ2n) is 3.97. The summed E-state index contributed by atoms with van der Waals surface area (Å²) in [6.45, 7) is 3.91. The van der Waals surface area contributed by atoms with E-state index < -0.39 is 12.0 Å². The molecule has 2 unspecified atom stereocenters. The smallest absolute Gasteiger partial charge is 0.258 e. The molecule has 1 aromatic carbocycles. The SMILES string of the molecule is CCC(Oc1ccccc1C(C)NC)C(N)=O. The fourth-order valence-corrected chi connectivity index (χ4v) is 1.60. The Balaban J connectivity index is 2.93. The van der Waals surface area contributed by atoms with E-state index in [1.165, 1.54) is 0 Å². The number of hydrogen-bond donors (Lipinski definition) is 2. The third-order valence-corrected chi connectivity index (χ3v) is 2.78. The first-order valence-corrected chi connectivity index (χ1v) is 5.82. The number of primary amides is 1. The van der Waals surface area contributed by atoms with E-state index in [1.54, 1.807) is 0 Å². The summed E-state index contributed by atoms with van der Waals surface area (Å²) in [4.78, 5) is 11.2. The fourth-order valence-electron chi connectivity index (χ4n) is 1.60. The Labute approximate surface area is 102 Å². The molecule has 3 N–H and O–H groups in total. The van der Waals surface area contributed by atoms with Crippen LogP contribution < -0.4 is 15.8 Å². The number of hydrogen-bond acceptors (Lipinski definition) is 3. The van der Waals surface area contributed by atoms with Gasteiger partial charge in [0.2, 0.25) is 0 Å². The number of benzene rings is 1. The largest absolute Gasteiger partial charge is 0.480 e. The predicted octanol–water partition coefficient (Wildman–Crippen LogP) is 1.61. The summed E-state index contributed by atoms with van der Waals surface area (Å²) in [5.74, 6) is 0.277. The van der Waals surface area contributed by atoms with Crippen LogP contribution in [0.1, 0.15) is 31.9 Å². The van der Waals surface area contributed by atoms with Gasteiger partial charge >= 0.3 is 0 Å². The van der Waals surface area contributed by atoms with Gasteiger partial charge in [0.1, 0.15) is 5.75 Å². The third-order valence-electron chi connectivity index (χ3n) is 2.78. The minimum Gasteiger partial charge on any atom is -0.480 e. The molecule has 0 aromatic heterocycles. The van der Waals surface area contributed by atoms with Crippen LogP contribution in [0.25, 0.3) is 0 Å². The van der Waals surface area contributed by atoms with Crippen molar-refractivity contribution < 1.29 is 9.53 Å². The van der Waals surface area contributed by atoms with E-state index >= 15 is 0 Å². The fraction of sp³-hybridized carbons (Fsp3) is 0.462. The molecule has 17 heavy (non-hydrogen) atoms. The van der Waals surface area contributed by atoms with Crippen molar-refractivity contribution in [1.82, 2.24) is 5.32 Å². The average Bonchev–Trinajstić information content (AvgIpc) is 2.35. The molecule has 0 spiro atoms. The third kappa shape index (κ3) is 3.46. The van der Waals surface area contributed by atoms with Gasteiger partial charge in [-0.1, -0.05) is 25.1 Å². The molecule has 1 aromatic rings. The summed E-state index contributed by atoms with van der Waals surface area (Å²) in [5, 5.41) is 3.15. The Hall–Kier alpha value is -1.55. The first kappa shape index (κ1) is 13.5. The number of carbonyl (C=O) groups excluding carboxylic acids is 1. The van der Waals surface area contributed by atoms with Crippen LogP contribution in [-0.4, -0.2) is 19.1 Å². The molecule has 0 aliphatic heterocycles. The molecule has 94 valence electrons. The van der Waals surface area contributed by atoms with Crippen molar-refractivity contribution in [3.63, 3.8) is 0 Å². The van der Waals surface area contributed by atoms with Gasteiger partial charge in [-0.2, -0.15) is 0 Å². The highest BCUT2D eigenvalue weighted by molar-refractivity contribution is 5.79. The molecule has 0 bridgehead atoms. The average molecular weight is 236 g/mol. The molecule has 1 rings (SSSR count). The summed E-state index contributed by atoms with van der Waals surface area (Å²) in [7, 11) is 1.88. The van der Waals surface area contributed by atoms with E-state index in [0.717, 1.165) is 5.56 Å². The highest BCUT2D eigenvalue weighted by Crippen LogP contribution is 2.25. The number of carbonyl (C=O) groups is 1. The molecule has 0 saturated heterocycles. The van der Waals surface area contributed by atoms with Crippen LogP contribution in [0.5, 0.6) is 5.75 Å². The standard InChI is InChI=1S/C13H20N2O2/c1-4-11(13(14)16)17-12-8-6-5-7-10(12)9(2)15-3/h5-9,11,15H,4H2,1-3H3,(H2,14,16). The minimum absolute atomic E-state index is 0.164. The van der Waals surface area contributed by atoms with Crippen molar-refractivity contribution in [1.29, 1.82) is 0 Å². The van der Waals surface area contributed by atoms with Crippen LogP contribution >= 0.6 is 0 Å². The summed E-state index contributed by atoms with van der Waals surface area (Å²) in [6, 6.07) is 7.83. The zero-order valence-corrected chi connectivity index (χ0v) is 10.6. The molecule has 2 atom stereocenters. The van der Waals surface area contributed by atoms with Crippen molar-refractivity contribution in [3.05, 3.63) is 29.8 Å². The highest BCUT2D eigenvalue weighted by Gasteiger charge is 2.17. The van der Waals surface area contributed by atoms with Gasteiger partial charge in [0, 0.05) is 11.6 Å². The lowest BCUT2D eigenvalue weighted by atomic mass is 10.1. The zero-order valence-electron chi connectivity index (χ0n) is 10.6. The van der Waals surface area contributed by atoms with E-state index in [1.807, 2.05) is 45.2 Å². The predicted molar refractivity (Wildman–Crippen MR) is 67.8 cm³/mol. The maximum atomic E-state index is 11.2. The minimum atomic E-state index is -0.569. The normalized spacial score (nSPS) is 14.1. The molecule has 0 heterocycles.